The second-order valence-corrected chi connectivity index (χ2v) is 4.44. The first-order chi connectivity index (χ1) is 7.04. The molecule has 0 bridgehead atoms. The summed E-state index contributed by atoms with van der Waals surface area (Å²) in [6, 6.07) is 0.318. The van der Waals surface area contributed by atoms with Gasteiger partial charge in [0.25, 0.3) is 0 Å². The summed E-state index contributed by atoms with van der Waals surface area (Å²) >= 11 is 0. The molecule has 0 spiro atoms. The van der Waals surface area contributed by atoms with Gasteiger partial charge in [-0.05, 0) is 26.8 Å². The monoisotopic (exact) mass is 207 g/mol. The fourth-order valence-corrected chi connectivity index (χ4v) is 1.57. The average Bonchev–Trinajstić information content (AvgIpc) is 2.16. The quantitative estimate of drug-likeness (QED) is 0.823. The summed E-state index contributed by atoms with van der Waals surface area (Å²) in [5.41, 5.74) is 2.27. The Hall–Kier alpha value is -0.960. The molecule has 3 heteroatoms. The molecular formula is C12H21N3. The molecule has 1 unspecified atom stereocenters. The van der Waals surface area contributed by atoms with Gasteiger partial charge in [0.1, 0.15) is 5.82 Å². The van der Waals surface area contributed by atoms with Crippen LogP contribution in [0.4, 0.5) is 0 Å². The molecule has 0 saturated heterocycles. The number of nitrogens with zero attached hydrogens (tertiary/aromatic N) is 2. The standard InChI is InChI=1S/C12H21N3/c1-8(2)6-12-14-7-11(9(3)13-5)10(4)15-12/h7-9,13H,6H2,1-5H3. The molecule has 1 aromatic heterocycles. The molecular weight excluding hydrogens is 186 g/mol. The van der Waals surface area contributed by atoms with Crippen LogP contribution in [0, 0.1) is 12.8 Å². The predicted molar refractivity (Wildman–Crippen MR) is 62.8 cm³/mol. The van der Waals surface area contributed by atoms with Gasteiger partial charge in [0.05, 0.1) is 0 Å². The van der Waals surface area contributed by atoms with Crippen LogP contribution in [-0.2, 0) is 6.42 Å². The van der Waals surface area contributed by atoms with Crippen LogP contribution < -0.4 is 5.32 Å². The molecule has 0 saturated carbocycles. The van der Waals surface area contributed by atoms with Crippen LogP contribution in [0.3, 0.4) is 0 Å². The lowest BCUT2D eigenvalue weighted by atomic mass is 10.1. The summed E-state index contributed by atoms with van der Waals surface area (Å²) in [4.78, 5) is 8.93. The van der Waals surface area contributed by atoms with Crippen molar-refractivity contribution in [2.24, 2.45) is 5.92 Å². The Morgan fingerprint density at radius 1 is 1.33 bits per heavy atom. The molecule has 84 valence electrons. The van der Waals surface area contributed by atoms with E-state index in [0.29, 0.717) is 12.0 Å². The van der Waals surface area contributed by atoms with Crippen molar-refractivity contribution in [3.05, 3.63) is 23.3 Å². The van der Waals surface area contributed by atoms with Gasteiger partial charge in [0.15, 0.2) is 0 Å². The summed E-state index contributed by atoms with van der Waals surface area (Å²) in [5, 5.41) is 3.20. The van der Waals surface area contributed by atoms with E-state index in [9.17, 15) is 0 Å². The molecule has 1 heterocycles. The predicted octanol–water partition coefficient (Wildman–Crippen LogP) is 2.26. The van der Waals surface area contributed by atoms with E-state index in [1.807, 2.05) is 13.2 Å². The first-order valence-electron chi connectivity index (χ1n) is 5.54. The molecule has 0 aliphatic heterocycles. The van der Waals surface area contributed by atoms with E-state index in [4.69, 9.17) is 0 Å². The summed E-state index contributed by atoms with van der Waals surface area (Å²) in [6.45, 7) is 8.54. The highest BCUT2D eigenvalue weighted by atomic mass is 14.9. The van der Waals surface area contributed by atoms with Crippen molar-refractivity contribution in [1.82, 2.24) is 15.3 Å². The maximum atomic E-state index is 4.53. The Morgan fingerprint density at radius 2 is 2.00 bits per heavy atom. The number of hydrogen-bond donors (Lipinski definition) is 1. The summed E-state index contributed by atoms with van der Waals surface area (Å²) in [6.07, 6.45) is 2.90. The number of rotatable bonds is 4. The smallest absolute Gasteiger partial charge is 0.128 e. The lowest BCUT2D eigenvalue weighted by Gasteiger charge is -2.13. The van der Waals surface area contributed by atoms with Crippen LogP contribution >= 0.6 is 0 Å². The van der Waals surface area contributed by atoms with Crippen molar-refractivity contribution >= 4 is 0 Å². The zero-order valence-corrected chi connectivity index (χ0v) is 10.3. The van der Waals surface area contributed by atoms with Gasteiger partial charge in [-0.3, -0.25) is 0 Å². The highest BCUT2D eigenvalue weighted by Crippen LogP contribution is 2.14. The minimum atomic E-state index is 0.318. The molecule has 0 aromatic carbocycles. The molecule has 1 rings (SSSR count). The van der Waals surface area contributed by atoms with E-state index >= 15 is 0 Å². The Bertz CT molecular complexity index is 321. The molecule has 0 fully saturated rings. The molecule has 0 amide bonds. The fraction of sp³-hybridized carbons (Fsp3) is 0.667. The van der Waals surface area contributed by atoms with Crippen LogP contribution in [0.15, 0.2) is 6.20 Å². The van der Waals surface area contributed by atoms with Gasteiger partial charge in [0.2, 0.25) is 0 Å². The molecule has 3 nitrogen and oxygen atoms in total. The maximum absolute atomic E-state index is 4.53. The normalized spacial score (nSPS) is 13.2. The van der Waals surface area contributed by atoms with Crippen molar-refractivity contribution < 1.29 is 0 Å². The number of aromatic nitrogens is 2. The fourth-order valence-electron chi connectivity index (χ4n) is 1.57. The number of aryl methyl sites for hydroxylation is 1. The third kappa shape index (κ3) is 3.27. The van der Waals surface area contributed by atoms with E-state index in [1.54, 1.807) is 0 Å². The van der Waals surface area contributed by atoms with Gasteiger partial charge >= 0.3 is 0 Å². The Labute approximate surface area is 92.3 Å². The van der Waals surface area contributed by atoms with Crippen LogP contribution in [-0.4, -0.2) is 17.0 Å². The summed E-state index contributed by atoms with van der Waals surface area (Å²) in [7, 11) is 1.95. The van der Waals surface area contributed by atoms with Crippen molar-refractivity contribution in [2.75, 3.05) is 7.05 Å². The maximum Gasteiger partial charge on any atom is 0.128 e. The van der Waals surface area contributed by atoms with E-state index in [1.165, 1.54) is 5.56 Å². The molecule has 1 N–H and O–H groups in total. The molecule has 0 aliphatic carbocycles. The van der Waals surface area contributed by atoms with Gasteiger partial charge in [-0.2, -0.15) is 0 Å². The van der Waals surface area contributed by atoms with Gasteiger partial charge in [-0.15, -0.1) is 0 Å². The van der Waals surface area contributed by atoms with Gasteiger partial charge < -0.3 is 5.32 Å². The third-order valence-electron chi connectivity index (χ3n) is 2.56. The Kier molecular flexibility index (Phi) is 4.21. The highest BCUT2D eigenvalue weighted by molar-refractivity contribution is 5.19. The Morgan fingerprint density at radius 3 is 2.47 bits per heavy atom. The number of nitrogens with one attached hydrogen (secondary N) is 1. The van der Waals surface area contributed by atoms with Gasteiger partial charge in [-0.25, -0.2) is 9.97 Å². The molecule has 0 radical (unpaired) electrons. The van der Waals surface area contributed by atoms with Crippen molar-refractivity contribution in [3.8, 4) is 0 Å². The van der Waals surface area contributed by atoms with Crippen molar-refractivity contribution in [1.29, 1.82) is 0 Å². The second kappa shape index (κ2) is 5.21. The molecule has 1 atom stereocenters. The number of hydrogen-bond acceptors (Lipinski definition) is 3. The van der Waals surface area contributed by atoms with E-state index in [2.05, 4.69) is 43.0 Å². The topological polar surface area (TPSA) is 37.8 Å². The van der Waals surface area contributed by atoms with Crippen LogP contribution in [0.5, 0.6) is 0 Å². The third-order valence-corrected chi connectivity index (χ3v) is 2.56. The summed E-state index contributed by atoms with van der Waals surface area (Å²) < 4.78 is 0. The van der Waals surface area contributed by atoms with Crippen molar-refractivity contribution in [3.63, 3.8) is 0 Å². The van der Waals surface area contributed by atoms with E-state index < -0.39 is 0 Å². The summed E-state index contributed by atoms with van der Waals surface area (Å²) in [5.74, 6) is 1.56. The first-order valence-corrected chi connectivity index (χ1v) is 5.54. The van der Waals surface area contributed by atoms with Crippen LogP contribution in [0.1, 0.15) is 43.9 Å². The minimum Gasteiger partial charge on any atom is -0.313 e. The molecule has 0 aliphatic rings. The van der Waals surface area contributed by atoms with Crippen LogP contribution in [0.25, 0.3) is 0 Å². The lowest BCUT2D eigenvalue weighted by Crippen LogP contribution is -2.15. The van der Waals surface area contributed by atoms with Gasteiger partial charge in [-0.1, -0.05) is 13.8 Å². The lowest BCUT2D eigenvalue weighted by molar-refractivity contribution is 0.605. The molecule has 15 heavy (non-hydrogen) atoms. The minimum absolute atomic E-state index is 0.318. The Balaban J connectivity index is 2.88. The average molecular weight is 207 g/mol. The largest absolute Gasteiger partial charge is 0.313 e. The molecule has 1 aromatic rings. The van der Waals surface area contributed by atoms with E-state index in [-0.39, 0.29) is 0 Å². The highest BCUT2D eigenvalue weighted by Gasteiger charge is 2.09. The van der Waals surface area contributed by atoms with E-state index in [0.717, 1.165) is 17.9 Å². The first kappa shape index (κ1) is 12.1. The zero-order chi connectivity index (χ0) is 11.4. The zero-order valence-electron chi connectivity index (χ0n) is 10.3. The van der Waals surface area contributed by atoms with Gasteiger partial charge in [0, 0.05) is 29.9 Å². The SMILES string of the molecule is CNC(C)c1cnc(CC(C)C)nc1C. The van der Waals surface area contributed by atoms with Crippen LogP contribution in [0.2, 0.25) is 0 Å². The van der Waals surface area contributed by atoms with Crippen molar-refractivity contribution in [2.45, 2.75) is 40.2 Å². The second-order valence-electron chi connectivity index (χ2n) is 4.44.